The number of morpholine rings is 1. The van der Waals surface area contributed by atoms with Crippen LogP contribution in [0.1, 0.15) is 0 Å². The standard InChI is InChI=1S/C9H14ClN3O2/c10-9-8(14)7-11-13(9)2-1-12-3-5-15-6-4-12/h7,14H,1-6H2. The first-order chi connectivity index (χ1) is 7.27. The van der Waals surface area contributed by atoms with E-state index in [1.165, 1.54) is 6.20 Å². The number of nitrogens with zero attached hydrogens (tertiary/aromatic N) is 3. The average Bonchev–Trinajstić information content (AvgIpc) is 2.59. The van der Waals surface area contributed by atoms with Crippen molar-refractivity contribution in [3.8, 4) is 5.75 Å². The third kappa shape index (κ3) is 2.62. The Morgan fingerprint density at radius 3 is 2.73 bits per heavy atom. The highest BCUT2D eigenvalue weighted by Crippen LogP contribution is 2.21. The molecule has 0 amide bonds. The van der Waals surface area contributed by atoms with E-state index in [9.17, 15) is 5.11 Å². The number of hydrogen-bond donors (Lipinski definition) is 1. The minimum absolute atomic E-state index is 0.0404. The molecule has 2 rings (SSSR count). The Balaban J connectivity index is 1.84. The van der Waals surface area contributed by atoms with Gasteiger partial charge in [0.2, 0.25) is 0 Å². The molecule has 1 aromatic rings. The van der Waals surface area contributed by atoms with E-state index in [4.69, 9.17) is 16.3 Å². The lowest BCUT2D eigenvalue weighted by atomic mass is 10.4. The minimum atomic E-state index is 0.0404. The zero-order valence-corrected chi connectivity index (χ0v) is 9.15. The summed E-state index contributed by atoms with van der Waals surface area (Å²) in [6, 6.07) is 0. The SMILES string of the molecule is Oc1cnn(CCN2CCOCC2)c1Cl. The van der Waals surface area contributed by atoms with Gasteiger partial charge in [-0.05, 0) is 0 Å². The summed E-state index contributed by atoms with van der Waals surface area (Å²) in [4.78, 5) is 2.29. The van der Waals surface area contributed by atoms with Crippen molar-refractivity contribution in [2.24, 2.45) is 0 Å². The van der Waals surface area contributed by atoms with Crippen LogP contribution in [0, 0.1) is 0 Å². The largest absolute Gasteiger partial charge is 0.504 e. The van der Waals surface area contributed by atoms with E-state index in [-0.39, 0.29) is 5.75 Å². The van der Waals surface area contributed by atoms with Gasteiger partial charge in [-0.25, -0.2) is 4.68 Å². The molecule has 1 saturated heterocycles. The van der Waals surface area contributed by atoms with Crippen molar-refractivity contribution in [3.05, 3.63) is 11.3 Å². The number of hydrogen-bond acceptors (Lipinski definition) is 4. The molecule has 84 valence electrons. The topological polar surface area (TPSA) is 50.5 Å². The van der Waals surface area contributed by atoms with Crippen LogP contribution < -0.4 is 0 Å². The second kappa shape index (κ2) is 4.83. The Kier molecular flexibility index (Phi) is 3.45. The van der Waals surface area contributed by atoms with Gasteiger partial charge in [-0.3, -0.25) is 4.90 Å². The molecule has 0 radical (unpaired) electrons. The van der Waals surface area contributed by atoms with E-state index in [1.807, 2.05) is 0 Å². The van der Waals surface area contributed by atoms with Crippen molar-refractivity contribution >= 4 is 11.6 Å². The molecule has 5 nitrogen and oxygen atoms in total. The second-order valence-electron chi connectivity index (χ2n) is 3.50. The Bertz CT molecular complexity index is 323. The van der Waals surface area contributed by atoms with Crippen LogP contribution in [-0.4, -0.2) is 52.6 Å². The monoisotopic (exact) mass is 231 g/mol. The maximum Gasteiger partial charge on any atom is 0.172 e. The van der Waals surface area contributed by atoms with E-state index in [0.717, 1.165) is 32.8 Å². The quantitative estimate of drug-likeness (QED) is 0.827. The van der Waals surface area contributed by atoms with Crippen LogP contribution in [0.25, 0.3) is 0 Å². The summed E-state index contributed by atoms with van der Waals surface area (Å²) in [6.45, 7) is 5.05. The van der Waals surface area contributed by atoms with Crippen LogP contribution in [0.15, 0.2) is 6.20 Å². The van der Waals surface area contributed by atoms with Gasteiger partial charge in [0.05, 0.1) is 26.0 Å². The number of ether oxygens (including phenoxy) is 1. The first kappa shape index (κ1) is 10.7. The Morgan fingerprint density at radius 2 is 2.13 bits per heavy atom. The Hall–Kier alpha value is -0.780. The van der Waals surface area contributed by atoms with E-state index in [2.05, 4.69) is 10.00 Å². The number of aromatic hydroxyl groups is 1. The van der Waals surface area contributed by atoms with Crippen LogP contribution in [0.3, 0.4) is 0 Å². The molecular weight excluding hydrogens is 218 g/mol. The van der Waals surface area contributed by atoms with Crippen molar-refractivity contribution in [3.63, 3.8) is 0 Å². The van der Waals surface area contributed by atoms with Crippen LogP contribution in [0.4, 0.5) is 0 Å². The molecular formula is C9H14ClN3O2. The normalized spacial score (nSPS) is 18.2. The van der Waals surface area contributed by atoms with Crippen molar-refractivity contribution in [1.29, 1.82) is 0 Å². The molecule has 1 fully saturated rings. The van der Waals surface area contributed by atoms with Crippen LogP contribution in [-0.2, 0) is 11.3 Å². The molecule has 0 spiro atoms. The van der Waals surface area contributed by atoms with Gasteiger partial charge in [0.15, 0.2) is 10.9 Å². The average molecular weight is 232 g/mol. The smallest absolute Gasteiger partial charge is 0.172 e. The first-order valence-corrected chi connectivity index (χ1v) is 5.35. The van der Waals surface area contributed by atoms with Crippen LogP contribution in [0.5, 0.6) is 5.75 Å². The molecule has 0 saturated carbocycles. The summed E-state index contributed by atoms with van der Waals surface area (Å²) in [5.41, 5.74) is 0. The molecule has 0 bridgehead atoms. The molecule has 1 aliphatic rings. The van der Waals surface area contributed by atoms with E-state index in [1.54, 1.807) is 4.68 Å². The van der Waals surface area contributed by atoms with Gasteiger partial charge in [-0.2, -0.15) is 5.10 Å². The lowest BCUT2D eigenvalue weighted by molar-refractivity contribution is 0.0360. The predicted molar refractivity (Wildman–Crippen MR) is 56.2 cm³/mol. The highest BCUT2D eigenvalue weighted by atomic mass is 35.5. The number of aromatic nitrogens is 2. The van der Waals surface area contributed by atoms with Crippen molar-refractivity contribution in [2.75, 3.05) is 32.8 Å². The third-order valence-electron chi connectivity index (χ3n) is 2.49. The summed E-state index contributed by atoms with van der Waals surface area (Å²) in [7, 11) is 0. The summed E-state index contributed by atoms with van der Waals surface area (Å²) in [5, 5.41) is 13.5. The zero-order chi connectivity index (χ0) is 10.7. The maximum atomic E-state index is 9.23. The van der Waals surface area contributed by atoms with Gasteiger partial charge in [0.25, 0.3) is 0 Å². The molecule has 1 aromatic heterocycles. The fraction of sp³-hybridized carbons (Fsp3) is 0.667. The minimum Gasteiger partial charge on any atom is -0.504 e. The Morgan fingerprint density at radius 1 is 1.40 bits per heavy atom. The molecule has 0 atom stereocenters. The summed E-state index contributed by atoms with van der Waals surface area (Å²) in [6.07, 6.45) is 1.36. The number of halogens is 1. The molecule has 6 heteroatoms. The maximum absolute atomic E-state index is 9.23. The van der Waals surface area contributed by atoms with Gasteiger partial charge in [0.1, 0.15) is 0 Å². The number of rotatable bonds is 3. The third-order valence-corrected chi connectivity index (χ3v) is 2.88. The van der Waals surface area contributed by atoms with E-state index >= 15 is 0 Å². The molecule has 15 heavy (non-hydrogen) atoms. The van der Waals surface area contributed by atoms with Gasteiger partial charge in [-0.1, -0.05) is 11.6 Å². The fourth-order valence-corrected chi connectivity index (χ4v) is 1.75. The summed E-state index contributed by atoms with van der Waals surface area (Å²) < 4.78 is 6.85. The lowest BCUT2D eigenvalue weighted by Crippen LogP contribution is -2.38. The summed E-state index contributed by atoms with van der Waals surface area (Å²) in [5.74, 6) is 0.0404. The second-order valence-corrected chi connectivity index (χ2v) is 3.86. The Labute approximate surface area is 93.2 Å². The van der Waals surface area contributed by atoms with Crippen molar-refractivity contribution in [2.45, 2.75) is 6.54 Å². The highest BCUT2D eigenvalue weighted by molar-refractivity contribution is 6.30. The van der Waals surface area contributed by atoms with Gasteiger partial charge in [0, 0.05) is 19.6 Å². The van der Waals surface area contributed by atoms with Crippen LogP contribution >= 0.6 is 11.6 Å². The van der Waals surface area contributed by atoms with Crippen molar-refractivity contribution < 1.29 is 9.84 Å². The molecule has 1 N–H and O–H groups in total. The highest BCUT2D eigenvalue weighted by Gasteiger charge is 2.12. The van der Waals surface area contributed by atoms with Gasteiger partial charge in [-0.15, -0.1) is 0 Å². The molecule has 1 aliphatic heterocycles. The first-order valence-electron chi connectivity index (χ1n) is 4.98. The van der Waals surface area contributed by atoms with E-state index in [0.29, 0.717) is 11.7 Å². The predicted octanol–water partition coefficient (Wildman–Crippen LogP) is 0.574. The fourth-order valence-electron chi connectivity index (χ4n) is 1.58. The van der Waals surface area contributed by atoms with Crippen molar-refractivity contribution in [1.82, 2.24) is 14.7 Å². The van der Waals surface area contributed by atoms with Gasteiger partial charge >= 0.3 is 0 Å². The summed E-state index contributed by atoms with van der Waals surface area (Å²) >= 11 is 5.83. The van der Waals surface area contributed by atoms with E-state index < -0.39 is 0 Å². The molecule has 0 unspecified atom stereocenters. The van der Waals surface area contributed by atoms with Gasteiger partial charge < -0.3 is 9.84 Å². The molecule has 2 heterocycles. The molecule has 0 aliphatic carbocycles. The lowest BCUT2D eigenvalue weighted by Gasteiger charge is -2.26. The molecule has 0 aromatic carbocycles. The van der Waals surface area contributed by atoms with Crippen LogP contribution in [0.2, 0.25) is 5.15 Å². The zero-order valence-electron chi connectivity index (χ0n) is 8.40.